The molecule has 0 bridgehead atoms. The molecule has 0 aliphatic carbocycles. The largest absolute Gasteiger partial charge is 0.370 e. The van der Waals surface area contributed by atoms with Crippen LogP contribution >= 0.6 is 23.2 Å². The van der Waals surface area contributed by atoms with E-state index in [-0.39, 0.29) is 18.9 Å². The third kappa shape index (κ3) is 5.96. The number of carbonyl (C=O) groups is 2. The Morgan fingerprint density at radius 3 is 2.60 bits per heavy atom. The van der Waals surface area contributed by atoms with Gasteiger partial charge in [-0.15, -0.1) is 0 Å². The molecule has 2 rings (SSSR count). The van der Waals surface area contributed by atoms with Crippen LogP contribution in [0.5, 0.6) is 0 Å². The second-order valence-electron chi connectivity index (χ2n) is 5.65. The molecule has 0 aromatic heterocycles. The van der Waals surface area contributed by atoms with Crippen LogP contribution in [0.3, 0.4) is 0 Å². The first kappa shape index (κ1) is 19.1. The molecule has 3 N–H and O–H groups in total. The summed E-state index contributed by atoms with van der Waals surface area (Å²) in [5.74, 6) is -0.689. The number of nitrogens with one attached hydrogen (secondary N) is 1. The molecule has 0 fully saturated rings. The minimum absolute atomic E-state index is 0.0551. The van der Waals surface area contributed by atoms with E-state index >= 15 is 0 Å². The molecule has 7 heteroatoms. The fraction of sp³-hybridized carbons (Fsp3) is 0.222. The summed E-state index contributed by atoms with van der Waals surface area (Å²) in [6.07, 6.45) is 0.152. The van der Waals surface area contributed by atoms with Crippen molar-refractivity contribution in [3.05, 3.63) is 58.1 Å². The number of anilines is 2. The van der Waals surface area contributed by atoms with Gasteiger partial charge >= 0.3 is 0 Å². The van der Waals surface area contributed by atoms with E-state index in [1.54, 1.807) is 23.1 Å². The van der Waals surface area contributed by atoms with Crippen LogP contribution < -0.4 is 16.0 Å². The number of aryl methyl sites for hydroxylation is 1. The topological polar surface area (TPSA) is 75.4 Å². The number of primary amides is 1. The highest BCUT2D eigenvalue weighted by atomic mass is 35.5. The lowest BCUT2D eigenvalue weighted by molar-refractivity contribution is -0.118. The van der Waals surface area contributed by atoms with Crippen LogP contribution in [0, 0.1) is 6.92 Å². The molecule has 0 heterocycles. The quantitative estimate of drug-likeness (QED) is 0.770. The Labute approximate surface area is 156 Å². The lowest BCUT2D eigenvalue weighted by atomic mass is 10.2. The van der Waals surface area contributed by atoms with Gasteiger partial charge in [0.05, 0.1) is 17.3 Å². The number of benzene rings is 2. The second-order valence-corrected chi connectivity index (χ2v) is 6.49. The Hall–Kier alpha value is -2.24. The molecule has 0 atom stereocenters. The van der Waals surface area contributed by atoms with Crippen molar-refractivity contribution in [3.63, 3.8) is 0 Å². The highest BCUT2D eigenvalue weighted by Gasteiger charge is 2.14. The van der Waals surface area contributed by atoms with Gasteiger partial charge in [0.15, 0.2) is 0 Å². The molecule has 25 heavy (non-hydrogen) atoms. The summed E-state index contributed by atoms with van der Waals surface area (Å²) in [4.78, 5) is 25.3. The van der Waals surface area contributed by atoms with Gasteiger partial charge in [-0.3, -0.25) is 9.59 Å². The van der Waals surface area contributed by atoms with Gasteiger partial charge in [-0.1, -0.05) is 35.3 Å². The minimum Gasteiger partial charge on any atom is -0.370 e. The van der Waals surface area contributed by atoms with Gasteiger partial charge < -0.3 is 16.0 Å². The number of hydrogen-bond acceptors (Lipinski definition) is 3. The second kappa shape index (κ2) is 8.74. The number of nitrogens with two attached hydrogens (primary N) is 1. The molecule has 0 radical (unpaired) electrons. The molecule has 2 aromatic rings. The van der Waals surface area contributed by atoms with E-state index in [0.29, 0.717) is 22.3 Å². The molecule has 132 valence electrons. The number of nitrogens with zero attached hydrogens (tertiary/aromatic N) is 1. The molecule has 0 saturated carbocycles. The first-order valence-electron chi connectivity index (χ1n) is 7.70. The Morgan fingerprint density at radius 1 is 1.16 bits per heavy atom. The zero-order chi connectivity index (χ0) is 18.4. The highest BCUT2D eigenvalue weighted by Crippen LogP contribution is 2.25. The van der Waals surface area contributed by atoms with Crippen LogP contribution in [0.15, 0.2) is 42.5 Å². The smallest absolute Gasteiger partial charge is 0.243 e. The van der Waals surface area contributed by atoms with Crippen molar-refractivity contribution in [2.45, 2.75) is 13.3 Å². The fourth-order valence-electron chi connectivity index (χ4n) is 2.33. The van der Waals surface area contributed by atoms with Crippen molar-refractivity contribution in [1.82, 2.24) is 0 Å². The van der Waals surface area contributed by atoms with Crippen LogP contribution in [-0.4, -0.2) is 24.9 Å². The maximum Gasteiger partial charge on any atom is 0.243 e. The van der Waals surface area contributed by atoms with Crippen LogP contribution in [0.1, 0.15) is 12.0 Å². The molecule has 0 aliphatic heterocycles. The SMILES string of the molecule is Cc1cccc(N(CCC(N)=O)CC(=O)Nc2cc(Cl)ccc2Cl)c1. The first-order chi connectivity index (χ1) is 11.8. The van der Waals surface area contributed by atoms with Gasteiger partial charge in [0.25, 0.3) is 0 Å². The van der Waals surface area contributed by atoms with Crippen molar-refractivity contribution in [2.75, 3.05) is 23.3 Å². The average molecular weight is 380 g/mol. The minimum atomic E-state index is -0.420. The molecule has 2 amide bonds. The Kier molecular flexibility index (Phi) is 6.67. The molecule has 0 unspecified atom stereocenters. The predicted molar refractivity (Wildman–Crippen MR) is 102 cm³/mol. The van der Waals surface area contributed by atoms with Gasteiger partial charge in [0.2, 0.25) is 11.8 Å². The zero-order valence-corrected chi connectivity index (χ0v) is 15.3. The van der Waals surface area contributed by atoms with E-state index in [4.69, 9.17) is 28.9 Å². The van der Waals surface area contributed by atoms with Gasteiger partial charge in [-0.05, 0) is 42.8 Å². The summed E-state index contributed by atoms with van der Waals surface area (Å²) in [7, 11) is 0. The van der Waals surface area contributed by atoms with E-state index in [1.807, 2.05) is 31.2 Å². The highest BCUT2D eigenvalue weighted by molar-refractivity contribution is 6.35. The van der Waals surface area contributed by atoms with Crippen molar-refractivity contribution in [2.24, 2.45) is 5.73 Å². The number of carbonyl (C=O) groups excluding carboxylic acids is 2. The molecule has 0 aliphatic rings. The number of amides is 2. The molecule has 5 nitrogen and oxygen atoms in total. The first-order valence-corrected chi connectivity index (χ1v) is 8.45. The Balaban J connectivity index is 2.13. The fourth-order valence-corrected chi connectivity index (χ4v) is 2.66. The van der Waals surface area contributed by atoms with Crippen molar-refractivity contribution in [3.8, 4) is 0 Å². The summed E-state index contributed by atoms with van der Waals surface area (Å²) >= 11 is 12.0. The zero-order valence-electron chi connectivity index (χ0n) is 13.8. The average Bonchev–Trinajstić information content (AvgIpc) is 2.54. The van der Waals surface area contributed by atoms with Gasteiger partial charge in [0.1, 0.15) is 0 Å². The van der Waals surface area contributed by atoms with E-state index in [9.17, 15) is 9.59 Å². The summed E-state index contributed by atoms with van der Waals surface area (Å²) in [6.45, 7) is 2.36. The van der Waals surface area contributed by atoms with Crippen molar-refractivity contribution < 1.29 is 9.59 Å². The normalized spacial score (nSPS) is 10.4. The summed E-state index contributed by atoms with van der Waals surface area (Å²) < 4.78 is 0. The Morgan fingerprint density at radius 2 is 1.92 bits per heavy atom. The van der Waals surface area contributed by atoms with Crippen LogP contribution in [0.2, 0.25) is 10.0 Å². The summed E-state index contributed by atoms with van der Waals surface area (Å²) in [5, 5.41) is 3.62. The van der Waals surface area contributed by atoms with Crippen LogP contribution in [-0.2, 0) is 9.59 Å². The third-order valence-electron chi connectivity index (χ3n) is 3.53. The van der Waals surface area contributed by atoms with Crippen molar-refractivity contribution >= 4 is 46.4 Å². The number of rotatable bonds is 7. The maximum atomic E-state index is 12.4. The van der Waals surface area contributed by atoms with Crippen molar-refractivity contribution in [1.29, 1.82) is 0 Å². The van der Waals surface area contributed by atoms with Gasteiger partial charge in [-0.2, -0.15) is 0 Å². The number of halogens is 2. The molecular formula is C18H19Cl2N3O2. The third-order valence-corrected chi connectivity index (χ3v) is 4.10. The van der Waals surface area contributed by atoms with E-state index in [2.05, 4.69) is 5.32 Å². The van der Waals surface area contributed by atoms with E-state index < -0.39 is 5.91 Å². The summed E-state index contributed by atoms with van der Waals surface area (Å²) in [5.41, 5.74) is 7.58. The molecule has 2 aromatic carbocycles. The lowest BCUT2D eigenvalue weighted by Gasteiger charge is -2.24. The standard InChI is InChI=1S/C18H19Cl2N3O2/c1-12-3-2-4-14(9-12)23(8-7-17(21)24)11-18(25)22-16-10-13(19)5-6-15(16)20/h2-6,9-10H,7-8,11H2,1H3,(H2,21,24)(H,22,25). The van der Waals surface area contributed by atoms with Gasteiger partial charge in [0, 0.05) is 23.7 Å². The number of hydrogen-bond donors (Lipinski definition) is 2. The lowest BCUT2D eigenvalue weighted by Crippen LogP contribution is -2.35. The molecule has 0 spiro atoms. The van der Waals surface area contributed by atoms with Crippen LogP contribution in [0.4, 0.5) is 11.4 Å². The van der Waals surface area contributed by atoms with E-state index in [1.165, 1.54) is 0 Å². The molecular weight excluding hydrogens is 361 g/mol. The van der Waals surface area contributed by atoms with Crippen LogP contribution in [0.25, 0.3) is 0 Å². The van der Waals surface area contributed by atoms with Gasteiger partial charge in [-0.25, -0.2) is 0 Å². The monoisotopic (exact) mass is 379 g/mol. The maximum absolute atomic E-state index is 12.4. The predicted octanol–water partition coefficient (Wildman–Crippen LogP) is 3.62. The Bertz CT molecular complexity index is 781. The molecule has 0 saturated heterocycles. The van der Waals surface area contributed by atoms with E-state index in [0.717, 1.165) is 11.3 Å². The summed E-state index contributed by atoms with van der Waals surface area (Å²) in [6, 6.07) is 12.5.